The molecule has 28 heavy (non-hydrogen) atoms. The molecule has 0 bridgehead atoms. The van der Waals surface area contributed by atoms with Crippen molar-refractivity contribution >= 4 is 45.2 Å². The lowest BCUT2D eigenvalue weighted by Crippen LogP contribution is -2.24. The number of hydrogen-bond donors (Lipinski definition) is 2. The number of aryl methyl sites for hydroxylation is 1. The van der Waals surface area contributed by atoms with Crippen molar-refractivity contribution in [2.75, 3.05) is 5.32 Å². The van der Waals surface area contributed by atoms with Crippen LogP contribution < -0.4 is 5.32 Å². The summed E-state index contributed by atoms with van der Waals surface area (Å²) in [7, 11) is 0. The largest absolute Gasteiger partial charge is 0.341 e. The second-order valence-corrected chi connectivity index (χ2v) is 8.96. The smallest absolute Gasteiger partial charge is 0.238 e. The van der Waals surface area contributed by atoms with Crippen molar-refractivity contribution in [2.24, 2.45) is 0 Å². The van der Waals surface area contributed by atoms with E-state index in [-0.39, 0.29) is 11.2 Å². The zero-order valence-corrected chi connectivity index (χ0v) is 17.1. The molecule has 0 unspecified atom stereocenters. The van der Waals surface area contributed by atoms with E-state index < -0.39 is 0 Å². The standard InChI is InChI=1S/C19H20N6OS2/c1-2-13(27-19-15-16(22-9-21-15)23-10-24-19)17(26)25-18-12(8-20)11-6-4-3-5-7-14(11)28-18/h9-10,13H,2-7H2,1H3,(H,25,26)(H,21,22,23,24)/t13-/m0/s1. The Hall–Kier alpha value is -2.44. The molecule has 0 saturated carbocycles. The van der Waals surface area contributed by atoms with Crippen LogP contribution in [-0.4, -0.2) is 31.1 Å². The Bertz CT molecular complexity index is 1050. The number of carbonyl (C=O) groups is 1. The Morgan fingerprint density at radius 1 is 1.36 bits per heavy atom. The molecule has 3 aromatic heterocycles. The van der Waals surface area contributed by atoms with Gasteiger partial charge >= 0.3 is 0 Å². The summed E-state index contributed by atoms with van der Waals surface area (Å²) in [6.07, 6.45) is 9.04. The van der Waals surface area contributed by atoms with Crippen LogP contribution in [0.25, 0.3) is 11.2 Å². The van der Waals surface area contributed by atoms with Crippen molar-refractivity contribution in [3.05, 3.63) is 28.7 Å². The van der Waals surface area contributed by atoms with Crippen LogP contribution in [0.2, 0.25) is 0 Å². The van der Waals surface area contributed by atoms with E-state index in [9.17, 15) is 10.1 Å². The summed E-state index contributed by atoms with van der Waals surface area (Å²) in [5.41, 5.74) is 3.10. The number of aromatic nitrogens is 4. The lowest BCUT2D eigenvalue weighted by Gasteiger charge is -2.14. The molecule has 0 aliphatic heterocycles. The number of hydrogen-bond acceptors (Lipinski definition) is 7. The summed E-state index contributed by atoms with van der Waals surface area (Å²) in [5.74, 6) is -0.105. The van der Waals surface area contributed by atoms with Gasteiger partial charge in [0.25, 0.3) is 0 Å². The average Bonchev–Trinajstić information content (AvgIpc) is 3.24. The molecule has 1 aliphatic rings. The van der Waals surface area contributed by atoms with Crippen LogP contribution in [0.15, 0.2) is 17.7 Å². The van der Waals surface area contributed by atoms with E-state index in [1.165, 1.54) is 29.4 Å². The fraction of sp³-hybridized carbons (Fsp3) is 0.421. The molecule has 3 aromatic rings. The van der Waals surface area contributed by atoms with E-state index in [2.05, 4.69) is 31.3 Å². The second kappa shape index (κ2) is 8.29. The number of H-pyrrole nitrogens is 1. The highest BCUT2D eigenvalue weighted by Gasteiger charge is 2.25. The predicted molar refractivity (Wildman–Crippen MR) is 111 cm³/mol. The molecular weight excluding hydrogens is 392 g/mol. The molecule has 0 fully saturated rings. The minimum absolute atomic E-state index is 0.105. The van der Waals surface area contributed by atoms with Crippen molar-refractivity contribution in [1.82, 2.24) is 19.9 Å². The van der Waals surface area contributed by atoms with Crippen LogP contribution in [0.1, 0.15) is 48.6 Å². The molecule has 3 heterocycles. The number of fused-ring (bicyclic) bond motifs is 2. The first kappa shape index (κ1) is 18.9. The second-order valence-electron chi connectivity index (χ2n) is 6.66. The predicted octanol–water partition coefficient (Wildman–Crippen LogP) is 4.06. The van der Waals surface area contributed by atoms with E-state index in [4.69, 9.17) is 0 Å². The molecule has 7 nitrogen and oxygen atoms in total. The van der Waals surface area contributed by atoms with E-state index in [1.807, 2.05) is 6.92 Å². The maximum absolute atomic E-state index is 13.0. The highest BCUT2D eigenvalue weighted by Crippen LogP contribution is 2.38. The van der Waals surface area contributed by atoms with Gasteiger partial charge in [-0.25, -0.2) is 15.0 Å². The van der Waals surface area contributed by atoms with E-state index in [0.29, 0.717) is 27.7 Å². The minimum Gasteiger partial charge on any atom is -0.341 e. The maximum atomic E-state index is 13.0. The number of thioether (sulfide) groups is 1. The van der Waals surface area contributed by atoms with Crippen LogP contribution in [0, 0.1) is 11.3 Å². The molecule has 4 rings (SSSR count). The van der Waals surface area contributed by atoms with Gasteiger partial charge in [0.15, 0.2) is 5.65 Å². The normalized spacial score (nSPS) is 14.9. The number of aromatic amines is 1. The SMILES string of the molecule is CC[C@H](Sc1ncnc2nc[nH]c12)C(=O)Nc1sc2c(c1C#N)CCCCC2. The molecule has 0 aromatic carbocycles. The molecule has 0 saturated heterocycles. The first-order valence-electron chi connectivity index (χ1n) is 9.37. The third kappa shape index (κ3) is 3.62. The van der Waals surface area contributed by atoms with Gasteiger partial charge in [-0.3, -0.25) is 4.79 Å². The summed E-state index contributed by atoms with van der Waals surface area (Å²) in [6, 6.07) is 2.32. The summed E-state index contributed by atoms with van der Waals surface area (Å²) < 4.78 is 0. The molecule has 1 amide bonds. The Kier molecular flexibility index (Phi) is 5.59. The molecule has 144 valence electrons. The van der Waals surface area contributed by atoms with Crippen LogP contribution in [0.5, 0.6) is 0 Å². The fourth-order valence-corrected chi connectivity index (χ4v) is 5.65. The lowest BCUT2D eigenvalue weighted by atomic mass is 10.1. The Morgan fingerprint density at radius 2 is 2.21 bits per heavy atom. The van der Waals surface area contributed by atoms with E-state index in [0.717, 1.165) is 36.8 Å². The van der Waals surface area contributed by atoms with Gasteiger partial charge in [-0.15, -0.1) is 11.3 Å². The number of imidazole rings is 1. The lowest BCUT2D eigenvalue weighted by molar-refractivity contribution is -0.115. The summed E-state index contributed by atoms with van der Waals surface area (Å²) in [6.45, 7) is 1.97. The molecular formula is C19H20N6OS2. The topological polar surface area (TPSA) is 107 Å². The number of thiophene rings is 1. The molecule has 2 N–H and O–H groups in total. The number of rotatable bonds is 5. The zero-order valence-electron chi connectivity index (χ0n) is 15.5. The Labute approximate surface area is 171 Å². The van der Waals surface area contributed by atoms with Crippen LogP contribution >= 0.6 is 23.1 Å². The Morgan fingerprint density at radius 3 is 3.04 bits per heavy atom. The number of anilines is 1. The van der Waals surface area contributed by atoms with Gasteiger partial charge in [0, 0.05) is 4.88 Å². The van der Waals surface area contributed by atoms with Crippen LogP contribution in [0.4, 0.5) is 5.00 Å². The Balaban J connectivity index is 1.55. The van der Waals surface area contributed by atoms with Gasteiger partial charge in [-0.05, 0) is 37.7 Å². The van der Waals surface area contributed by atoms with Gasteiger partial charge < -0.3 is 10.3 Å². The molecule has 1 atom stereocenters. The van der Waals surface area contributed by atoms with Gasteiger partial charge in [-0.2, -0.15) is 5.26 Å². The fourth-order valence-electron chi connectivity index (χ4n) is 3.43. The highest BCUT2D eigenvalue weighted by molar-refractivity contribution is 8.00. The number of carbonyl (C=O) groups excluding carboxylic acids is 1. The van der Waals surface area contributed by atoms with Crippen molar-refractivity contribution in [3.8, 4) is 6.07 Å². The molecule has 0 spiro atoms. The van der Waals surface area contributed by atoms with Crippen molar-refractivity contribution < 1.29 is 4.79 Å². The van der Waals surface area contributed by atoms with E-state index in [1.54, 1.807) is 17.7 Å². The molecule has 1 aliphatic carbocycles. The van der Waals surface area contributed by atoms with Gasteiger partial charge in [0.05, 0.1) is 17.1 Å². The third-order valence-electron chi connectivity index (χ3n) is 4.88. The van der Waals surface area contributed by atoms with Crippen LogP contribution in [-0.2, 0) is 17.6 Å². The highest BCUT2D eigenvalue weighted by atomic mass is 32.2. The van der Waals surface area contributed by atoms with Crippen molar-refractivity contribution in [3.63, 3.8) is 0 Å². The zero-order chi connectivity index (χ0) is 19.5. The van der Waals surface area contributed by atoms with Gasteiger partial charge in [0.2, 0.25) is 5.91 Å². The average molecular weight is 413 g/mol. The molecule has 9 heteroatoms. The maximum Gasteiger partial charge on any atom is 0.238 e. The summed E-state index contributed by atoms with van der Waals surface area (Å²) in [5, 5.41) is 13.7. The van der Waals surface area contributed by atoms with Crippen LogP contribution in [0.3, 0.4) is 0 Å². The third-order valence-corrected chi connectivity index (χ3v) is 7.45. The number of amides is 1. The quantitative estimate of drug-likeness (QED) is 0.372. The number of nitriles is 1. The van der Waals surface area contributed by atoms with Crippen molar-refractivity contribution in [1.29, 1.82) is 5.26 Å². The van der Waals surface area contributed by atoms with E-state index >= 15 is 0 Å². The van der Waals surface area contributed by atoms with Crippen molar-refractivity contribution in [2.45, 2.75) is 55.7 Å². The number of nitrogens with zero attached hydrogens (tertiary/aromatic N) is 4. The first-order chi connectivity index (χ1) is 13.7. The molecule has 0 radical (unpaired) electrons. The minimum atomic E-state index is -0.324. The number of nitrogens with one attached hydrogen (secondary N) is 2. The van der Waals surface area contributed by atoms with Gasteiger partial charge in [0.1, 0.15) is 27.9 Å². The summed E-state index contributed by atoms with van der Waals surface area (Å²) >= 11 is 2.95. The monoisotopic (exact) mass is 412 g/mol. The van der Waals surface area contributed by atoms with Gasteiger partial charge in [-0.1, -0.05) is 25.1 Å². The summed E-state index contributed by atoms with van der Waals surface area (Å²) in [4.78, 5) is 29.8. The first-order valence-corrected chi connectivity index (χ1v) is 11.1.